The second-order valence-electron chi connectivity index (χ2n) is 8.89. The summed E-state index contributed by atoms with van der Waals surface area (Å²) in [6.45, 7) is 9.19. The minimum Gasteiger partial charge on any atom is -0.356 e. The molecule has 3 rings (SSSR count). The molecule has 2 saturated carbocycles. The van der Waals surface area contributed by atoms with Gasteiger partial charge in [-0.05, 0) is 44.4 Å². The van der Waals surface area contributed by atoms with Gasteiger partial charge in [-0.25, -0.2) is 4.79 Å². The zero-order chi connectivity index (χ0) is 19.1. The average Bonchev–Trinajstić information content (AvgIpc) is 2.89. The van der Waals surface area contributed by atoms with Crippen molar-refractivity contribution in [1.82, 2.24) is 15.5 Å². The van der Waals surface area contributed by atoms with Crippen LogP contribution in [0, 0.1) is 17.3 Å². The summed E-state index contributed by atoms with van der Waals surface area (Å²) in [4.78, 5) is 38.5. The number of rotatable bonds is 6. The van der Waals surface area contributed by atoms with Crippen LogP contribution in [-0.4, -0.2) is 41.4 Å². The van der Waals surface area contributed by atoms with Crippen LogP contribution in [0.2, 0.25) is 0 Å². The van der Waals surface area contributed by atoms with E-state index in [1.807, 2.05) is 0 Å². The lowest BCUT2D eigenvalue weighted by molar-refractivity contribution is -0.131. The number of nitrogens with zero attached hydrogens (tertiary/aromatic N) is 1. The van der Waals surface area contributed by atoms with Crippen LogP contribution < -0.4 is 10.6 Å². The summed E-state index contributed by atoms with van der Waals surface area (Å²) in [5.74, 6) is 0.289. The molecule has 3 aliphatic rings. The highest BCUT2D eigenvalue weighted by atomic mass is 16.2. The van der Waals surface area contributed by atoms with Crippen molar-refractivity contribution >= 4 is 17.8 Å². The van der Waals surface area contributed by atoms with Gasteiger partial charge in [0.1, 0.15) is 5.54 Å². The van der Waals surface area contributed by atoms with Gasteiger partial charge in [0.2, 0.25) is 5.91 Å². The summed E-state index contributed by atoms with van der Waals surface area (Å²) in [6, 6.07) is -0.282. The Labute approximate surface area is 155 Å². The molecule has 6 nitrogen and oxygen atoms in total. The van der Waals surface area contributed by atoms with Gasteiger partial charge in [0.15, 0.2) is 0 Å². The summed E-state index contributed by atoms with van der Waals surface area (Å²) in [7, 11) is 0. The van der Waals surface area contributed by atoms with Crippen molar-refractivity contribution in [1.29, 1.82) is 0 Å². The molecule has 0 bridgehead atoms. The van der Waals surface area contributed by atoms with Crippen LogP contribution in [0.5, 0.6) is 0 Å². The van der Waals surface area contributed by atoms with Crippen LogP contribution in [0.25, 0.3) is 0 Å². The van der Waals surface area contributed by atoms with E-state index >= 15 is 0 Å². The Kier molecular flexibility index (Phi) is 4.88. The van der Waals surface area contributed by atoms with E-state index in [2.05, 4.69) is 44.4 Å². The minimum absolute atomic E-state index is 0.00100. The Hall–Kier alpha value is -1.85. The van der Waals surface area contributed by atoms with E-state index in [-0.39, 0.29) is 29.2 Å². The molecule has 144 valence electrons. The summed E-state index contributed by atoms with van der Waals surface area (Å²) < 4.78 is 0. The van der Waals surface area contributed by atoms with Gasteiger partial charge in [-0.2, -0.15) is 0 Å². The number of urea groups is 1. The highest BCUT2D eigenvalue weighted by molar-refractivity contribution is 6.07. The van der Waals surface area contributed by atoms with Gasteiger partial charge in [-0.3, -0.25) is 14.5 Å². The average molecular weight is 361 g/mol. The van der Waals surface area contributed by atoms with E-state index in [1.165, 1.54) is 10.5 Å². The van der Waals surface area contributed by atoms with Gasteiger partial charge in [-0.1, -0.05) is 38.3 Å². The Morgan fingerprint density at radius 1 is 1.27 bits per heavy atom. The van der Waals surface area contributed by atoms with Crippen LogP contribution >= 0.6 is 0 Å². The molecule has 0 aromatic heterocycles. The van der Waals surface area contributed by atoms with E-state index in [0.29, 0.717) is 25.4 Å². The maximum absolute atomic E-state index is 12.6. The number of allylic oxidation sites excluding steroid dienone is 2. The van der Waals surface area contributed by atoms with Crippen molar-refractivity contribution < 1.29 is 14.4 Å². The Morgan fingerprint density at radius 2 is 1.92 bits per heavy atom. The van der Waals surface area contributed by atoms with Crippen LogP contribution in [0.4, 0.5) is 4.79 Å². The maximum atomic E-state index is 12.6. The number of carbonyl (C=O) groups is 3. The lowest BCUT2D eigenvalue weighted by Crippen LogP contribution is -2.44. The molecule has 2 aliphatic carbocycles. The molecule has 1 heterocycles. The molecule has 0 unspecified atom stereocenters. The first kappa shape index (κ1) is 18.9. The third-order valence-electron chi connectivity index (χ3n) is 6.27. The van der Waals surface area contributed by atoms with Gasteiger partial charge in [0, 0.05) is 13.1 Å². The van der Waals surface area contributed by atoms with Gasteiger partial charge < -0.3 is 10.6 Å². The van der Waals surface area contributed by atoms with E-state index < -0.39 is 5.54 Å². The molecular formula is C20H31N3O3. The van der Waals surface area contributed by atoms with E-state index in [4.69, 9.17) is 0 Å². The van der Waals surface area contributed by atoms with Crippen LogP contribution in [0.3, 0.4) is 0 Å². The number of hydrogen-bond acceptors (Lipinski definition) is 3. The van der Waals surface area contributed by atoms with Crippen molar-refractivity contribution in [2.45, 2.75) is 65.3 Å². The molecule has 3 fully saturated rings. The van der Waals surface area contributed by atoms with Gasteiger partial charge in [-0.15, -0.1) is 0 Å². The SMILES string of the molecule is CC(C)=C[C@H]1[C@@H](C(=O)NCCCN2C(=O)NC3(CCCC3)C2=O)C1(C)C. The number of nitrogens with one attached hydrogen (secondary N) is 2. The number of hydrogen-bond donors (Lipinski definition) is 2. The summed E-state index contributed by atoms with van der Waals surface area (Å²) in [6.07, 6.45) is 6.22. The topological polar surface area (TPSA) is 78.5 Å². The molecule has 1 spiro atoms. The third kappa shape index (κ3) is 3.26. The number of carbonyl (C=O) groups excluding carboxylic acids is 3. The highest BCUT2D eigenvalue weighted by Gasteiger charge is 2.60. The Bertz CT molecular complexity index is 643. The quantitative estimate of drug-likeness (QED) is 0.434. The molecule has 4 amide bonds. The van der Waals surface area contributed by atoms with E-state index in [0.717, 1.165) is 25.7 Å². The van der Waals surface area contributed by atoms with Crippen LogP contribution in [0.15, 0.2) is 11.6 Å². The largest absolute Gasteiger partial charge is 0.356 e. The number of imide groups is 1. The molecule has 6 heteroatoms. The zero-order valence-corrected chi connectivity index (χ0v) is 16.4. The first-order valence-corrected chi connectivity index (χ1v) is 9.76. The van der Waals surface area contributed by atoms with Crippen LogP contribution in [0.1, 0.15) is 59.8 Å². The molecule has 0 radical (unpaired) electrons. The van der Waals surface area contributed by atoms with Crippen molar-refractivity contribution in [3.8, 4) is 0 Å². The smallest absolute Gasteiger partial charge is 0.325 e. The van der Waals surface area contributed by atoms with Crippen molar-refractivity contribution in [3.05, 3.63) is 11.6 Å². The number of amides is 4. The molecular weight excluding hydrogens is 330 g/mol. The fourth-order valence-corrected chi connectivity index (χ4v) is 4.60. The maximum Gasteiger partial charge on any atom is 0.325 e. The van der Waals surface area contributed by atoms with Gasteiger partial charge in [0.25, 0.3) is 5.91 Å². The summed E-state index contributed by atoms with van der Waals surface area (Å²) in [5.41, 5.74) is 0.592. The molecule has 1 saturated heterocycles. The predicted molar refractivity (Wildman–Crippen MR) is 99.3 cm³/mol. The van der Waals surface area contributed by atoms with Crippen molar-refractivity contribution in [2.75, 3.05) is 13.1 Å². The van der Waals surface area contributed by atoms with Crippen molar-refractivity contribution in [2.24, 2.45) is 17.3 Å². The standard InChI is InChI=1S/C20H31N3O3/c1-13(2)12-14-15(19(14,3)4)16(24)21-10-7-11-23-17(25)20(22-18(23)26)8-5-6-9-20/h12,14-15H,5-11H2,1-4H3,(H,21,24)(H,22,26)/t14-,15-/m0/s1. The highest BCUT2D eigenvalue weighted by Crippen LogP contribution is 2.59. The first-order chi connectivity index (χ1) is 12.2. The van der Waals surface area contributed by atoms with Gasteiger partial charge in [0.05, 0.1) is 5.92 Å². The normalized spacial score (nSPS) is 28.2. The predicted octanol–water partition coefficient (Wildman–Crippen LogP) is 2.60. The van der Waals surface area contributed by atoms with Crippen molar-refractivity contribution in [3.63, 3.8) is 0 Å². The second-order valence-corrected chi connectivity index (χ2v) is 8.89. The minimum atomic E-state index is -0.643. The summed E-state index contributed by atoms with van der Waals surface area (Å²) >= 11 is 0. The molecule has 1 aliphatic heterocycles. The molecule has 0 aromatic carbocycles. The fourth-order valence-electron chi connectivity index (χ4n) is 4.60. The molecule has 0 aromatic rings. The molecule has 26 heavy (non-hydrogen) atoms. The Balaban J connectivity index is 1.45. The second kappa shape index (κ2) is 6.71. The summed E-state index contributed by atoms with van der Waals surface area (Å²) in [5, 5.41) is 5.87. The van der Waals surface area contributed by atoms with E-state index in [1.54, 1.807) is 0 Å². The third-order valence-corrected chi connectivity index (χ3v) is 6.27. The monoisotopic (exact) mass is 361 g/mol. The fraction of sp³-hybridized carbons (Fsp3) is 0.750. The van der Waals surface area contributed by atoms with Crippen LogP contribution in [-0.2, 0) is 9.59 Å². The molecule has 2 atom stereocenters. The van der Waals surface area contributed by atoms with Gasteiger partial charge >= 0.3 is 6.03 Å². The zero-order valence-electron chi connectivity index (χ0n) is 16.4. The van der Waals surface area contributed by atoms with E-state index in [9.17, 15) is 14.4 Å². The molecule has 2 N–H and O–H groups in total. The first-order valence-electron chi connectivity index (χ1n) is 9.76. The lowest BCUT2D eigenvalue weighted by atomic mass is 9.98. The Morgan fingerprint density at radius 3 is 2.54 bits per heavy atom. The lowest BCUT2D eigenvalue weighted by Gasteiger charge is -2.20.